The smallest absolute Gasteiger partial charge is 0.0210 e. The van der Waals surface area contributed by atoms with Crippen molar-refractivity contribution < 1.29 is 0 Å². The van der Waals surface area contributed by atoms with Gasteiger partial charge in [-0.1, -0.05) is 41.1 Å². The largest absolute Gasteiger partial charge is 0.327 e. The molecule has 1 aromatic carbocycles. The summed E-state index contributed by atoms with van der Waals surface area (Å²) in [5, 5.41) is 0. The lowest BCUT2D eigenvalue weighted by Gasteiger charge is -2.17. The zero-order valence-electron chi connectivity index (χ0n) is 7.42. The highest BCUT2D eigenvalue weighted by Crippen LogP contribution is 2.25. The third-order valence-electron chi connectivity index (χ3n) is 2.18. The summed E-state index contributed by atoms with van der Waals surface area (Å²) in [5.41, 5.74) is 7.10. The Hall–Kier alpha value is -0.340. The molecule has 1 aromatic rings. The van der Waals surface area contributed by atoms with Crippen molar-refractivity contribution in [3.05, 3.63) is 34.3 Å². The molecule has 12 heavy (non-hydrogen) atoms. The van der Waals surface area contributed by atoms with E-state index in [2.05, 4.69) is 28.9 Å². The molecule has 0 unspecified atom stereocenters. The Labute approximate surface area is 82.1 Å². The van der Waals surface area contributed by atoms with Crippen LogP contribution in [0.5, 0.6) is 0 Å². The van der Waals surface area contributed by atoms with Gasteiger partial charge >= 0.3 is 0 Å². The Kier molecular flexibility index (Phi) is 3.29. The monoisotopic (exact) mass is 227 g/mol. The van der Waals surface area contributed by atoms with Gasteiger partial charge in [-0.05, 0) is 24.5 Å². The third-order valence-corrected chi connectivity index (χ3v) is 2.91. The molecule has 0 fully saturated rings. The Bertz CT molecular complexity index is 258. The van der Waals surface area contributed by atoms with Crippen molar-refractivity contribution in [2.75, 3.05) is 0 Å². The zero-order chi connectivity index (χ0) is 9.14. The molecule has 2 atom stereocenters. The normalized spacial score (nSPS) is 15.7. The molecule has 0 aliphatic carbocycles. The SMILES string of the molecule is C[C@H](N)[C@H](C)c1ccccc1Br. The fraction of sp³-hybridized carbons (Fsp3) is 0.400. The first-order valence-electron chi connectivity index (χ1n) is 4.13. The predicted molar refractivity (Wildman–Crippen MR) is 56.2 cm³/mol. The van der Waals surface area contributed by atoms with Crippen LogP contribution < -0.4 is 5.73 Å². The molecule has 0 saturated carbocycles. The Morgan fingerprint density at radius 3 is 2.33 bits per heavy atom. The van der Waals surface area contributed by atoms with Gasteiger partial charge in [0.25, 0.3) is 0 Å². The topological polar surface area (TPSA) is 26.0 Å². The van der Waals surface area contributed by atoms with Crippen LogP contribution in [0.1, 0.15) is 25.3 Å². The van der Waals surface area contributed by atoms with Crippen molar-refractivity contribution in [1.82, 2.24) is 0 Å². The van der Waals surface area contributed by atoms with Crippen molar-refractivity contribution in [1.29, 1.82) is 0 Å². The molecule has 2 N–H and O–H groups in total. The van der Waals surface area contributed by atoms with Gasteiger partial charge < -0.3 is 5.73 Å². The summed E-state index contributed by atoms with van der Waals surface area (Å²) in [6.07, 6.45) is 0. The van der Waals surface area contributed by atoms with E-state index in [1.807, 2.05) is 25.1 Å². The van der Waals surface area contributed by atoms with Crippen molar-refractivity contribution in [2.24, 2.45) is 5.73 Å². The van der Waals surface area contributed by atoms with Crippen LogP contribution in [0.4, 0.5) is 0 Å². The molecule has 0 spiro atoms. The maximum atomic E-state index is 5.82. The predicted octanol–water partition coefficient (Wildman–Crippen LogP) is 2.90. The maximum Gasteiger partial charge on any atom is 0.0210 e. The van der Waals surface area contributed by atoms with E-state index in [0.29, 0.717) is 5.92 Å². The molecule has 0 aliphatic rings. The number of rotatable bonds is 2. The van der Waals surface area contributed by atoms with E-state index in [1.54, 1.807) is 0 Å². The highest BCUT2D eigenvalue weighted by Gasteiger charge is 2.11. The van der Waals surface area contributed by atoms with E-state index >= 15 is 0 Å². The van der Waals surface area contributed by atoms with Gasteiger partial charge in [-0.25, -0.2) is 0 Å². The van der Waals surface area contributed by atoms with E-state index in [9.17, 15) is 0 Å². The average Bonchev–Trinajstić information content (AvgIpc) is 2.04. The Morgan fingerprint density at radius 2 is 1.83 bits per heavy atom. The molecule has 0 radical (unpaired) electrons. The minimum absolute atomic E-state index is 0.198. The van der Waals surface area contributed by atoms with Crippen LogP contribution >= 0.6 is 15.9 Å². The standard InChI is InChI=1S/C10H14BrN/c1-7(8(2)12)9-5-3-4-6-10(9)11/h3-8H,12H2,1-2H3/t7-,8-/m0/s1. The van der Waals surface area contributed by atoms with Gasteiger partial charge in [0.05, 0.1) is 0 Å². The van der Waals surface area contributed by atoms with E-state index < -0.39 is 0 Å². The minimum atomic E-state index is 0.198. The summed E-state index contributed by atoms with van der Waals surface area (Å²) in [6.45, 7) is 4.18. The number of hydrogen-bond acceptors (Lipinski definition) is 1. The average molecular weight is 228 g/mol. The first kappa shape index (κ1) is 9.75. The Morgan fingerprint density at radius 1 is 1.25 bits per heavy atom. The van der Waals surface area contributed by atoms with E-state index in [0.717, 1.165) is 4.47 Å². The quantitative estimate of drug-likeness (QED) is 0.827. The summed E-state index contributed by atoms with van der Waals surface area (Å²) in [7, 11) is 0. The molecule has 0 aliphatic heterocycles. The van der Waals surface area contributed by atoms with Gasteiger partial charge in [0.15, 0.2) is 0 Å². The second-order valence-corrected chi connectivity index (χ2v) is 4.02. The molecule has 0 saturated heterocycles. The van der Waals surface area contributed by atoms with Gasteiger partial charge in [0, 0.05) is 10.5 Å². The van der Waals surface area contributed by atoms with E-state index in [1.165, 1.54) is 5.56 Å². The van der Waals surface area contributed by atoms with Crippen LogP contribution in [0.2, 0.25) is 0 Å². The highest BCUT2D eigenvalue weighted by atomic mass is 79.9. The number of benzene rings is 1. The first-order valence-corrected chi connectivity index (χ1v) is 4.92. The molecule has 1 nitrogen and oxygen atoms in total. The molecule has 0 bridgehead atoms. The van der Waals surface area contributed by atoms with E-state index in [-0.39, 0.29) is 6.04 Å². The maximum absolute atomic E-state index is 5.82. The number of halogens is 1. The van der Waals surface area contributed by atoms with Crippen molar-refractivity contribution in [2.45, 2.75) is 25.8 Å². The molecule has 0 amide bonds. The summed E-state index contributed by atoms with van der Waals surface area (Å²) in [5.74, 6) is 0.403. The molecule has 66 valence electrons. The number of hydrogen-bond donors (Lipinski definition) is 1. The third kappa shape index (κ3) is 2.08. The van der Waals surface area contributed by atoms with Gasteiger partial charge in [-0.3, -0.25) is 0 Å². The van der Waals surface area contributed by atoms with Gasteiger partial charge in [0.1, 0.15) is 0 Å². The van der Waals surface area contributed by atoms with Crippen LogP contribution in [0.3, 0.4) is 0 Å². The Balaban J connectivity index is 2.94. The summed E-state index contributed by atoms with van der Waals surface area (Å²) in [6, 6.07) is 8.41. The fourth-order valence-electron chi connectivity index (χ4n) is 1.13. The minimum Gasteiger partial charge on any atom is -0.327 e. The fourth-order valence-corrected chi connectivity index (χ4v) is 1.77. The summed E-state index contributed by atoms with van der Waals surface area (Å²) < 4.78 is 1.15. The van der Waals surface area contributed by atoms with Crippen LogP contribution in [0.25, 0.3) is 0 Å². The molecule has 2 heteroatoms. The van der Waals surface area contributed by atoms with Crippen LogP contribution in [-0.2, 0) is 0 Å². The van der Waals surface area contributed by atoms with Crippen LogP contribution in [0.15, 0.2) is 28.7 Å². The highest BCUT2D eigenvalue weighted by molar-refractivity contribution is 9.10. The van der Waals surface area contributed by atoms with Crippen LogP contribution in [-0.4, -0.2) is 6.04 Å². The first-order chi connectivity index (χ1) is 5.63. The van der Waals surface area contributed by atoms with Crippen molar-refractivity contribution in [3.63, 3.8) is 0 Å². The van der Waals surface area contributed by atoms with Gasteiger partial charge in [-0.15, -0.1) is 0 Å². The molecule has 0 heterocycles. The van der Waals surface area contributed by atoms with Gasteiger partial charge in [-0.2, -0.15) is 0 Å². The lowest BCUT2D eigenvalue weighted by molar-refractivity contribution is 0.611. The molecular weight excluding hydrogens is 214 g/mol. The molecule has 1 rings (SSSR count). The lowest BCUT2D eigenvalue weighted by atomic mass is 9.95. The van der Waals surface area contributed by atoms with E-state index in [4.69, 9.17) is 5.73 Å². The second-order valence-electron chi connectivity index (χ2n) is 3.17. The van der Waals surface area contributed by atoms with Crippen molar-refractivity contribution in [3.8, 4) is 0 Å². The van der Waals surface area contributed by atoms with Gasteiger partial charge in [0.2, 0.25) is 0 Å². The molecular formula is C10H14BrN. The van der Waals surface area contributed by atoms with Crippen molar-refractivity contribution >= 4 is 15.9 Å². The lowest BCUT2D eigenvalue weighted by Crippen LogP contribution is -2.22. The summed E-state index contributed by atoms with van der Waals surface area (Å²) >= 11 is 3.51. The van der Waals surface area contributed by atoms with Crippen LogP contribution in [0, 0.1) is 0 Å². The summed E-state index contributed by atoms with van der Waals surface area (Å²) in [4.78, 5) is 0. The zero-order valence-corrected chi connectivity index (χ0v) is 9.01. The molecule has 0 aromatic heterocycles. The second kappa shape index (κ2) is 4.06. The number of nitrogens with two attached hydrogens (primary N) is 1.